The molecular weight excluding hydrogens is 150 g/mol. The monoisotopic (exact) mass is 167 g/mol. The summed E-state index contributed by atoms with van der Waals surface area (Å²) in [6.07, 6.45) is 4.49. The molecule has 1 heterocycles. The minimum atomic E-state index is 1.04. The minimum Gasteiger partial charge on any atom is -0.361 e. The SMILES string of the molecule is CCCCc1onc(C)c1CC. The van der Waals surface area contributed by atoms with Crippen LogP contribution in [0, 0.1) is 6.92 Å². The summed E-state index contributed by atoms with van der Waals surface area (Å²) in [7, 11) is 0. The number of aromatic nitrogens is 1. The second kappa shape index (κ2) is 4.29. The topological polar surface area (TPSA) is 26.0 Å². The van der Waals surface area contributed by atoms with Crippen LogP contribution in [0.25, 0.3) is 0 Å². The number of aryl methyl sites for hydroxylation is 2. The third-order valence-electron chi connectivity index (χ3n) is 2.18. The van der Waals surface area contributed by atoms with Gasteiger partial charge in [-0.1, -0.05) is 25.4 Å². The van der Waals surface area contributed by atoms with E-state index in [2.05, 4.69) is 19.0 Å². The molecule has 0 aliphatic heterocycles. The van der Waals surface area contributed by atoms with Crippen molar-refractivity contribution in [1.82, 2.24) is 5.16 Å². The fourth-order valence-electron chi connectivity index (χ4n) is 1.42. The largest absolute Gasteiger partial charge is 0.361 e. The molecule has 0 radical (unpaired) electrons. The number of rotatable bonds is 4. The van der Waals surface area contributed by atoms with E-state index < -0.39 is 0 Å². The molecule has 0 saturated heterocycles. The summed E-state index contributed by atoms with van der Waals surface area (Å²) in [5, 5.41) is 3.97. The Morgan fingerprint density at radius 3 is 2.67 bits per heavy atom. The van der Waals surface area contributed by atoms with E-state index in [0.717, 1.165) is 24.3 Å². The van der Waals surface area contributed by atoms with E-state index in [1.807, 2.05) is 6.92 Å². The second-order valence-electron chi connectivity index (χ2n) is 3.13. The first kappa shape index (κ1) is 9.30. The van der Waals surface area contributed by atoms with Gasteiger partial charge < -0.3 is 4.52 Å². The van der Waals surface area contributed by atoms with Crippen molar-refractivity contribution in [3.8, 4) is 0 Å². The van der Waals surface area contributed by atoms with Gasteiger partial charge >= 0.3 is 0 Å². The van der Waals surface area contributed by atoms with Crippen LogP contribution in [0.15, 0.2) is 4.52 Å². The summed E-state index contributed by atoms with van der Waals surface area (Å²) in [6, 6.07) is 0. The smallest absolute Gasteiger partial charge is 0.140 e. The summed E-state index contributed by atoms with van der Waals surface area (Å²) in [5.74, 6) is 1.09. The third kappa shape index (κ3) is 1.87. The van der Waals surface area contributed by atoms with Crippen LogP contribution in [0.3, 0.4) is 0 Å². The number of hydrogen-bond donors (Lipinski definition) is 0. The van der Waals surface area contributed by atoms with Crippen LogP contribution < -0.4 is 0 Å². The van der Waals surface area contributed by atoms with Gasteiger partial charge in [-0.25, -0.2) is 0 Å². The maximum Gasteiger partial charge on any atom is 0.140 e. The lowest BCUT2D eigenvalue weighted by molar-refractivity contribution is 0.375. The van der Waals surface area contributed by atoms with Crippen molar-refractivity contribution in [2.75, 3.05) is 0 Å². The summed E-state index contributed by atoms with van der Waals surface area (Å²) < 4.78 is 5.24. The van der Waals surface area contributed by atoms with Crippen LogP contribution in [0.4, 0.5) is 0 Å². The van der Waals surface area contributed by atoms with Gasteiger partial charge in [-0.05, 0) is 19.8 Å². The fourth-order valence-corrected chi connectivity index (χ4v) is 1.42. The molecule has 2 nitrogen and oxygen atoms in total. The number of unbranched alkanes of at least 4 members (excludes halogenated alkanes) is 1. The lowest BCUT2D eigenvalue weighted by atomic mass is 10.1. The molecular formula is C10H17NO. The number of hydrogen-bond acceptors (Lipinski definition) is 2. The van der Waals surface area contributed by atoms with E-state index >= 15 is 0 Å². The van der Waals surface area contributed by atoms with E-state index in [4.69, 9.17) is 4.52 Å². The first-order valence-electron chi connectivity index (χ1n) is 4.73. The first-order valence-corrected chi connectivity index (χ1v) is 4.73. The Bertz CT molecular complexity index is 240. The summed E-state index contributed by atoms with van der Waals surface area (Å²) in [5.41, 5.74) is 2.37. The van der Waals surface area contributed by atoms with Gasteiger partial charge in [-0.15, -0.1) is 0 Å². The van der Waals surface area contributed by atoms with E-state index in [1.165, 1.54) is 18.4 Å². The van der Waals surface area contributed by atoms with Crippen molar-refractivity contribution in [2.45, 2.75) is 46.5 Å². The van der Waals surface area contributed by atoms with Crippen LogP contribution in [-0.4, -0.2) is 5.16 Å². The highest BCUT2D eigenvalue weighted by molar-refractivity contribution is 5.21. The van der Waals surface area contributed by atoms with Gasteiger partial charge in [0.05, 0.1) is 5.69 Å². The molecule has 2 heteroatoms. The van der Waals surface area contributed by atoms with E-state index in [1.54, 1.807) is 0 Å². The molecule has 0 aliphatic carbocycles. The molecule has 0 amide bonds. The average Bonchev–Trinajstić information content (AvgIpc) is 2.43. The average molecular weight is 167 g/mol. The van der Waals surface area contributed by atoms with Gasteiger partial charge in [0.2, 0.25) is 0 Å². The molecule has 1 aromatic heterocycles. The van der Waals surface area contributed by atoms with Gasteiger partial charge in [0.1, 0.15) is 5.76 Å². The normalized spacial score (nSPS) is 10.6. The Morgan fingerprint density at radius 2 is 2.08 bits per heavy atom. The van der Waals surface area contributed by atoms with Gasteiger partial charge in [-0.2, -0.15) is 0 Å². The van der Waals surface area contributed by atoms with Crippen LogP contribution >= 0.6 is 0 Å². The molecule has 1 aromatic rings. The van der Waals surface area contributed by atoms with Crippen molar-refractivity contribution in [2.24, 2.45) is 0 Å². The van der Waals surface area contributed by atoms with Crippen molar-refractivity contribution in [3.63, 3.8) is 0 Å². The Morgan fingerprint density at radius 1 is 1.33 bits per heavy atom. The van der Waals surface area contributed by atoms with Crippen molar-refractivity contribution in [1.29, 1.82) is 0 Å². The quantitative estimate of drug-likeness (QED) is 0.689. The summed E-state index contributed by atoms with van der Waals surface area (Å²) >= 11 is 0. The van der Waals surface area contributed by atoms with Crippen LogP contribution in [-0.2, 0) is 12.8 Å². The van der Waals surface area contributed by atoms with E-state index in [9.17, 15) is 0 Å². The molecule has 0 N–H and O–H groups in total. The van der Waals surface area contributed by atoms with Crippen LogP contribution in [0.5, 0.6) is 0 Å². The van der Waals surface area contributed by atoms with Gasteiger partial charge in [0, 0.05) is 12.0 Å². The predicted octanol–water partition coefficient (Wildman–Crippen LogP) is 2.89. The fraction of sp³-hybridized carbons (Fsp3) is 0.700. The van der Waals surface area contributed by atoms with E-state index in [-0.39, 0.29) is 0 Å². The van der Waals surface area contributed by atoms with Crippen molar-refractivity contribution >= 4 is 0 Å². The Hall–Kier alpha value is -0.790. The van der Waals surface area contributed by atoms with Crippen LogP contribution in [0.1, 0.15) is 43.7 Å². The minimum absolute atomic E-state index is 1.04. The second-order valence-corrected chi connectivity index (χ2v) is 3.13. The zero-order valence-electron chi connectivity index (χ0n) is 8.18. The molecule has 0 saturated carbocycles. The Labute approximate surface area is 74.0 Å². The maximum atomic E-state index is 5.24. The van der Waals surface area contributed by atoms with E-state index in [0.29, 0.717) is 0 Å². The molecule has 68 valence electrons. The highest BCUT2D eigenvalue weighted by Crippen LogP contribution is 2.16. The molecule has 1 rings (SSSR count). The summed E-state index contributed by atoms with van der Waals surface area (Å²) in [6.45, 7) is 6.35. The standard InChI is InChI=1S/C10H17NO/c1-4-6-7-10-9(5-2)8(3)11-12-10/h4-7H2,1-3H3. The Kier molecular flexibility index (Phi) is 3.32. The molecule has 0 spiro atoms. The zero-order valence-corrected chi connectivity index (χ0v) is 8.18. The Balaban J connectivity index is 2.70. The molecule has 0 bridgehead atoms. The zero-order chi connectivity index (χ0) is 8.97. The summed E-state index contributed by atoms with van der Waals surface area (Å²) in [4.78, 5) is 0. The molecule has 0 aromatic carbocycles. The van der Waals surface area contributed by atoms with Crippen LogP contribution in [0.2, 0.25) is 0 Å². The lowest BCUT2D eigenvalue weighted by Gasteiger charge is -1.96. The molecule has 0 atom stereocenters. The lowest BCUT2D eigenvalue weighted by Crippen LogP contribution is -1.89. The van der Waals surface area contributed by atoms with Gasteiger partial charge in [0.25, 0.3) is 0 Å². The first-order chi connectivity index (χ1) is 5.79. The highest BCUT2D eigenvalue weighted by Gasteiger charge is 2.09. The van der Waals surface area contributed by atoms with Gasteiger partial charge in [0.15, 0.2) is 0 Å². The number of nitrogens with zero attached hydrogens (tertiary/aromatic N) is 1. The molecule has 0 aliphatic rings. The van der Waals surface area contributed by atoms with Crippen molar-refractivity contribution in [3.05, 3.63) is 17.0 Å². The van der Waals surface area contributed by atoms with Crippen molar-refractivity contribution < 1.29 is 4.52 Å². The molecule has 12 heavy (non-hydrogen) atoms. The third-order valence-corrected chi connectivity index (χ3v) is 2.18. The highest BCUT2D eigenvalue weighted by atomic mass is 16.5. The van der Waals surface area contributed by atoms with Gasteiger partial charge in [-0.3, -0.25) is 0 Å². The molecule has 0 unspecified atom stereocenters. The predicted molar refractivity (Wildman–Crippen MR) is 49.2 cm³/mol. The molecule has 0 fully saturated rings. The maximum absolute atomic E-state index is 5.24.